The van der Waals surface area contributed by atoms with Gasteiger partial charge in [-0.3, -0.25) is 4.68 Å². The first kappa shape index (κ1) is 12.2. The molecule has 1 aromatic rings. The molecule has 0 N–H and O–H groups in total. The van der Waals surface area contributed by atoms with Crippen LogP contribution in [0.25, 0.3) is 0 Å². The number of aromatic nitrogens is 2. The lowest BCUT2D eigenvalue weighted by Gasteiger charge is -2.20. The smallest absolute Gasteiger partial charge is 0.0542 e. The Balaban J connectivity index is 0.00000144. The molecular formula is C11H22N2. The van der Waals surface area contributed by atoms with Gasteiger partial charge in [0, 0.05) is 12.4 Å². The molecule has 1 unspecified atom stereocenters. The van der Waals surface area contributed by atoms with Crippen LogP contribution in [-0.2, 0) is 0 Å². The average Bonchev–Trinajstić information content (AvgIpc) is 2.51. The van der Waals surface area contributed by atoms with Gasteiger partial charge in [0.1, 0.15) is 0 Å². The van der Waals surface area contributed by atoms with Gasteiger partial charge in [0.05, 0.1) is 6.04 Å². The molecule has 2 nitrogen and oxygen atoms in total. The molecule has 13 heavy (non-hydrogen) atoms. The summed E-state index contributed by atoms with van der Waals surface area (Å²) >= 11 is 0. The van der Waals surface area contributed by atoms with E-state index in [2.05, 4.69) is 36.7 Å². The second-order valence-corrected chi connectivity index (χ2v) is 3.59. The van der Waals surface area contributed by atoms with Gasteiger partial charge in [0.25, 0.3) is 0 Å². The summed E-state index contributed by atoms with van der Waals surface area (Å²) in [6, 6.07) is 2.57. The number of rotatable bonds is 4. The van der Waals surface area contributed by atoms with Gasteiger partial charge in [-0.05, 0) is 18.4 Å². The second kappa shape index (κ2) is 5.79. The minimum absolute atomic E-state index is 0. The Labute approximate surface area is 82.0 Å². The predicted octanol–water partition coefficient (Wildman–Crippen LogP) is 3.52. The van der Waals surface area contributed by atoms with Gasteiger partial charge in [-0.25, -0.2) is 0 Å². The van der Waals surface area contributed by atoms with E-state index in [0.717, 1.165) is 0 Å². The third-order valence-electron chi connectivity index (χ3n) is 2.22. The lowest BCUT2D eigenvalue weighted by atomic mass is 10.0. The molecule has 1 atom stereocenters. The fourth-order valence-electron chi connectivity index (χ4n) is 1.54. The van der Waals surface area contributed by atoms with Crippen molar-refractivity contribution < 1.29 is 0 Å². The molecule has 1 heterocycles. The van der Waals surface area contributed by atoms with Crippen molar-refractivity contribution in [1.29, 1.82) is 0 Å². The average molecular weight is 182 g/mol. The van der Waals surface area contributed by atoms with Crippen molar-refractivity contribution in [1.82, 2.24) is 9.78 Å². The summed E-state index contributed by atoms with van der Waals surface area (Å²) in [4.78, 5) is 0. The van der Waals surface area contributed by atoms with E-state index in [1.165, 1.54) is 12.8 Å². The molecule has 2 heteroatoms. The molecule has 0 aliphatic heterocycles. The quantitative estimate of drug-likeness (QED) is 0.696. The molecule has 0 bridgehead atoms. The first-order chi connectivity index (χ1) is 5.75. The largest absolute Gasteiger partial charge is 0.269 e. The first-order valence-electron chi connectivity index (χ1n) is 4.74. The topological polar surface area (TPSA) is 17.8 Å². The lowest BCUT2D eigenvalue weighted by Crippen LogP contribution is -2.15. The van der Waals surface area contributed by atoms with E-state index in [1.54, 1.807) is 0 Å². The van der Waals surface area contributed by atoms with Crippen molar-refractivity contribution in [3.8, 4) is 0 Å². The molecule has 0 saturated heterocycles. The van der Waals surface area contributed by atoms with E-state index in [9.17, 15) is 0 Å². The molecule has 0 saturated carbocycles. The minimum atomic E-state index is 0. The Morgan fingerprint density at radius 3 is 2.46 bits per heavy atom. The van der Waals surface area contributed by atoms with Crippen molar-refractivity contribution in [2.24, 2.45) is 5.92 Å². The zero-order valence-corrected chi connectivity index (χ0v) is 8.20. The summed E-state index contributed by atoms with van der Waals surface area (Å²) in [6.07, 6.45) is 6.35. The summed E-state index contributed by atoms with van der Waals surface area (Å²) in [5.41, 5.74) is 0. The maximum Gasteiger partial charge on any atom is 0.0542 e. The van der Waals surface area contributed by atoms with Gasteiger partial charge in [0.15, 0.2) is 0 Å². The van der Waals surface area contributed by atoms with Crippen LogP contribution in [0.15, 0.2) is 18.5 Å². The van der Waals surface area contributed by atoms with Crippen molar-refractivity contribution in [3.63, 3.8) is 0 Å². The van der Waals surface area contributed by atoms with Gasteiger partial charge < -0.3 is 0 Å². The SMILES string of the molecule is C.CCCC(C(C)C)n1cccn1. The molecule has 1 aromatic heterocycles. The summed E-state index contributed by atoms with van der Waals surface area (Å²) in [7, 11) is 0. The third kappa shape index (κ3) is 3.21. The molecular weight excluding hydrogens is 160 g/mol. The van der Waals surface area contributed by atoms with Crippen LogP contribution in [0.3, 0.4) is 0 Å². The van der Waals surface area contributed by atoms with E-state index < -0.39 is 0 Å². The Morgan fingerprint density at radius 2 is 2.08 bits per heavy atom. The number of hydrogen-bond acceptors (Lipinski definition) is 1. The Bertz CT molecular complexity index is 202. The molecule has 1 rings (SSSR count). The molecule has 0 amide bonds. The maximum atomic E-state index is 4.27. The van der Waals surface area contributed by atoms with Crippen LogP contribution >= 0.6 is 0 Å². The van der Waals surface area contributed by atoms with Gasteiger partial charge in [-0.2, -0.15) is 5.10 Å². The van der Waals surface area contributed by atoms with Crippen LogP contribution in [0, 0.1) is 5.92 Å². The van der Waals surface area contributed by atoms with Crippen LogP contribution < -0.4 is 0 Å². The summed E-state index contributed by atoms with van der Waals surface area (Å²) in [5, 5.41) is 4.27. The zero-order chi connectivity index (χ0) is 8.97. The highest BCUT2D eigenvalue weighted by molar-refractivity contribution is 4.82. The highest BCUT2D eigenvalue weighted by Gasteiger charge is 2.13. The van der Waals surface area contributed by atoms with Crippen LogP contribution in [-0.4, -0.2) is 9.78 Å². The van der Waals surface area contributed by atoms with Crippen molar-refractivity contribution >= 4 is 0 Å². The molecule has 0 aliphatic carbocycles. The van der Waals surface area contributed by atoms with Crippen LogP contribution in [0.5, 0.6) is 0 Å². The molecule has 0 radical (unpaired) electrons. The van der Waals surface area contributed by atoms with Gasteiger partial charge >= 0.3 is 0 Å². The van der Waals surface area contributed by atoms with E-state index >= 15 is 0 Å². The Hall–Kier alpha value is -0.790. The molecule has 0 fully saturated rings. The first-order valence-corrected chi connectivity index (χ1v) is 4.74. The van der Waals surface area contributed by atoms with E-state index in [1.807, 2.05) is 12.3 Å². The van der Waals surface area contributed by atoms with Gasteiger partial charge in [-0.1, -0.05) is 34.6 Å². The number of hydrogen-bond donors (Lipinski definition) is 0. The fraction of sp³-hybridized carbons (Fsp3) is 0.727. The van der Waals surface area contributed by atoms with E-state index in [-0.39, 0.29) is 7.43 Å². The second-order valence-electron chi connectivity index (χ2n) is 3.59. The third-order valence-corrected chi connectivity index (χ3v) is 2.22. The summed E-state index contributed by atoms with van der Waals surface area (Å²) in [6.45, 7) is 6.73. The van der Waals surface area contributed by atoms with Gasteiger partial charge in [0.2, 0.25) is 0 Å². The molecule has 0 aliphatic rings. The summed E-state index contributed by atoms with van der Waals surface area (Å²) in [5.74, 6) is 0.671. The Kier molecular flexibility index (Phi) is 5.44. The predicted molar refractivity (Wildman–Crippen MR) is 57.7 cm³/mol. The molecule has 76 valence electrons. The van der Waals surface area contributed by atoms with Crippen LogP contribution in [0.4, 0.5) is 0 Å². The molecule has 0 aromatic carbocycles. The highest BCUT2D eigenvalue weighted by Crippen LogP contribution is 2.21. The minimum Gasteiger partial charge on any atom is -0.269 e. The maximum absolute atomic E-state index is 4.27. The number of nitrogens with zero attached hydrogens (tertiary/aromatic N) is 2. The highest BCUT2D eigenvalue weighted by atomic mass is 15.3. The van der Waals surface area contributed by atoms with Crippen molar-refractivity contribution in [2.45, 2.75) is 47.1 Å². The van der Waals surface area contributed by atoms with E-state index in [4.69, 9.17) is 0 Å². The van der Waals surface area contributed by atoms with Gasteiger partial charge in [-0.15, -0.1) is 0 Å². The van der Waals surface area contributed by atoms with Crippen molar-refractivity contribution in [3.05, 3.63) is 18.5 Å². The van der Waals surface area contributed by atoms with Crippen LogP contribution in [0.2, 0.25) is 0 Å². The normalized spacial score (nSPS) is 12.6. The zero-order valence-electron chi connectivity index (χ0n) is 8.20. The summed E-state index contributed by atoms with van der Waals surface area (Å²) < 4.78 is 2.08. The monoisotopic (exact) mass is 182 g/mol. The lowest BCUT2D eigenvalue weighted by molar-refractivity contribution is 0.323. The van der Waals surface area contributed by atoms with E-state index in [0.29, 0.717) is 12.0 Å². The molecule has 0 spiro atoms. The van der Waals surface area contributed by atoms with Crippen molar-refractivity contribution in [2.75, 3.05) is 0 Å². The standard InChI is InChI=1S/C10H18N2.CH4/c1-4-6-10(9(2)3)12-8-5-7-11-12;/h5,7-10H,4,6H2,1-3H3;1H4. The van der Waals surface area contributed by atoms with Crippen LogP contribution in [0.1, 0.15) is 47.1 Å². The Morgan fingerprint density at radius 1 is 1.38 bits per heavy atom. The fourth-order valence-corrected chi connectivity index (χ4v) is 1.54.